The van der Waals surface area contributed by atoms with Crippen molar-refractivity contribution in [2.45, 2.75) is 31.8 Å². The van der Waals surface area contributed by atoms with Gasteiger partial charge in [0, 0.05) is 0 Å². The van der Waals surface area contributed by atoms with Gasteiger partial charge in [-0.05, 0) is 49.5 Å². The number of aromatic nitrogens is 2. The summed E-state index contributed by atoms with van der Waals surface area (Å²) >= 11 is 0. The van der Waals surface area contributed by atoms with Crippen LogP contribution >= 0.6 is 12.4 Å². The smallest absolute Gasteiger partial charge is 0.240 e. The summed E-state index contributed by atoms with van der Waals surface area (Å²) in [7, 11) is 1.71. The Labute approximate surface area is 142 Å². The minimum atomic E-state index is 0. The van der Waals surface area contributed by atoms with Crippen molar-refractivity contribution < 1.29 is 9.26 Å². The molecule has 2 aromatic rings. The lowest BCUT2D eigenvalue weighted by atomic mass is 9.89. The van der Waals surface area contributed by atoms with E-state index in [1.54, 1.807) is 7.11 Å². The van der Waals surface area contributed by atoms with Crippen molar-refractivity contribution >= 4 is 12.4 Å². The lowest BCUT2D eigenvalue weighted by molar-refractivity contribution is 0.197. The van der Waals surface area contributed by atoms with Crippen LogP contribution < -0.4 is 10.5 Å². The maximum atomic E-state index is 5.48. The molecule has 6 nitrogen and oxygen atoms in total. The molecule has 126 valence electrons. The molecule has 1 fully saturated rings. The van der Waals surface area contributed by atoms with Crippen molar-refractivity contribution in [3.63, 3.8) is 0 Å². The molecule has 1 aliphatic rings. The minimum absolute atomic E-state index is 0. The predicted molar refractivity (Wildman–Crippen MR) is 89.7 cm³/mol. The molecule has 0 saturated carbocycles. The molecule has 0 bridgehead atoms. The zero-order chi connectivity index (χ0) is 15.4. The van der Waals surface area contributed by atoms with Crippen LogP contribution in [0.25, 0.3) is 0 Å². The molecular formula is C16H23ClN4O2. The Kier molecular flexibility index (Phi) is 6.38. The van der Waals surface area contributed by atoms with Crippen LogP contribution in [0.3, 0.4) is 0 Å². The van der Waals surface area contributed by atoms with E-state index >= 15 is 0 Å². The second-order valence-corrected chi connectivity index (χ2v) is 5.64. The maximum absolute atomic E-state index is 5.48. The monoisotopic (exact) mass is 338 g/mol. The summed E-state index contributed by atoms with van der Waals surface area (Å²) in [4.78, 5) is 6.62. The van der Waals surface area contributed by atoms with Crippen molar-refractivity contribution in [2.24, 2.45) is 5.73 Å². The summed E-state index contributed by atoms with van der Waals surface area (Å²) in [5, 5.41) is 3.96. The zero-order valence-electron chi connectivity index (χ0n) is 13.3. The summed E-state index contributed by atoms with van der Waals surface area (Å²) in [5.41, 5.74) is 6.85. The molecule has 0 atom stereocenters. The number of rotatable bonds is 5. The van der Waals surface area contributed by atoms with E-state index in [-0.39, 0.29) is 12.4 Å². The number of hydrogen-bond acceptors (Lipinski definition) is 6. The Morgan fingerprint density at radius 3 is 2.78 bits per heavy atom. The summed E-state index contributed by atoms with van der Waals surface area (Å²) < 4.78 is 10.4. The molecule has 3 rings (SSSR count). The number of ether oxygens (including phenoxy) is 1. The summed E-state index contributed by atoms with van der Waals surface area (Å²) in [6.45, 7) is 3.10. The van der Waals surface area contributed by atoms with Gasteiger partial charge in [-0.3, -0.25) is 4.90 Å². The van der Waals surface area contributed by atoms with Gasteiger partial charge in [0.05, 0.1) is 20.2 Å². The number of piperidine rings is 1. The first-order valence-electron chi connectivity index (χ1n) is 7.66. The van der Waals surface area contributed by atoms with Gasteiger partial charge in [-0.15, -0.1) is 12.4 Å². The number of benzene rings is 1. The summed E-state index contributed by atoms with van der Waals surface area (Å²) in [6.07, 6.45) is 2.27. The lowest BCUT2D eigenvalue weighted by Gasteiger charge is -2.31. The molecule has 0 radical (unpaired) electrons. The summed E-state index contributed by atoms with van der Waals surface area (Å²) in [6, 6.07) is 8.39. The largest absolute Gasteiger partial charge is 0.497 e. The Bertz CT molecular complexity index is 612. The molecular weight excluding hydrogens is 316 g/mol. The molecule has 1 saturated heterocycles. The third-order valence-corrected chi connectivity index (χ3v) is 4.20. The Morgan fingerprint density at radius 2 is 2.13 bits per heavy atom. The Hall–Kier alpha value is -1.63. The third-order valence-electron chi connectivity index (χ3n) is 4.20. The van der Waals surface area contributed by atoms with E-state index in [4.69, 9.17) is 15.0 Å². The number of methoxy groups -OCH3 is 1. The van der Waals surface area contributed by atoms with Crippen molar-refractivity contribution in [1.29, 1.82) is 0 Å². The predicted octanol–water partition coefficient (Wildman–Crippen LogP) is 2.34. The quantitative estimate of drug-likeness (QED) is 0.901. The van der Waals surface area contributed by atoms with Crippen LogP contribution in [0.2, 0.25) is 0 Å². The zero-order valence-corrected chi connectivity index (χ0v) is 14.1. The van der Waals surface area contributed by atoms with Gasteiger partial charge in [-0.25, -0.2) is 0 Å². The maximum Gasteiger partial charge on any atom is 0.240 e. The van der Waals surface area contributed by atoms with E-state index in [9.17, 15) is 0 Å². The number of likely N-dealkylation sites (tertiary alicyclic amines) is 1. The number of hydrogen-bond donors (Lipinski definition) is 1. The van der Waals surface area contributed by atoms with Crippen LogP contribution in [0.15, 0.2) is 28.8 Å². The van der Waals surface area contributed by atoms with E-state index in [0.717, 1.165) is 44.0 Å². The van der Waals surface area contributed by atoms with Crippen molar-refractivity contribution in [3.05, 3.63) is 41.5 Å². The molecule has 0 amide bonds. The molecule has 2 N–H and O–H groups in total. The van der Waals surface area contributed by atoms with Gasteiger partial charge in [0.25, 0.3) is 0 Å². The first-order chi connectivity index (χ1) is 10.8. The third kappa shape index (κ3) is 4.43. The average molecular weight is 339 g/mol. The second-order valence-electron chi connectivity index (χ2n) is 5.64. The number of halogens is 1. The molecule has 1 aromatic carbocycles. The van der Waals surface area contributed by atoms with Crippen LogP contribution in [0.4, 0.5) is 0 Å². The van der Waals surface area contributed by atoms with Crippen molar-refractivity contribution in [2.75, 3.05) is 20.2 Å². The van der Waals surface area contributed by atoms with Crippen LogP contribution in [0.1, 0.15) is 36.0 Å². The number of nitrogens with zero attached hydrogens (tertiary/aromatic N) is 3. The fourth-order valence-corrected chi connectivity index (χ4v) is 2.96. The highest BCUT2D eigenvalue weighted by Crippen LogP contribution is 2.30. The van der Waals surface area contributed by atoms with Crippen LogP contribution in [-0.4, -0.2) is 35.2 Å². The van der Waals surface area contributed by atoms with Crippen LogP contribution in [0.5, 0.6) is 5.75 Å². The average Bonchev–Trinajstić information content (AvgIpc) is 3.03. The van der Waals surface area contributed by atoms with E-state index in [1.807, 2.05) is 6.07 Å². The van der Waals surface area contributed by atoms with Crippen molar-refractivity contribution in [1.82, 2.24) is 15.0 Å². The van der Waals surface area contributed by atoms with Gasteiger partial charge in [0.1, 0.15) is 5.75 Å². The Balaban J connectivity index is 0.00000192. The normalized spacial score (nSPS) is 16.1. The van der Waals surface area contributed by atoms with Gasteiger partial charge in [-0.2, -0.15) is 4.98 Å². The van der Waals surface area contributed by atoms with Gasteiger partial charge < -0.3 is 15.0 Å². The first-order valence-corrected chi connectivity index (χ1v) is 7.66. The van der Waals surface area contributed by atoms with Gasteiger partial charge in [0.2, 0.25) is 5.89 Å². The molecule has 0 unspecified atom stereocenters. The van der Waals surface area contributed by atoms with E-state index in [1.165, 1.54) is 5.56 Å². The SMILES string of the molecule is COc1cccc(C2CCN(Cc3noc(CN)n3)CC2)c1.Cl. The highest BCUT2D eigenvalue weighted by atomic mass is 35.5. The molecule has 7 heteroatoms. The van der Waals surface area contributed by atoms with Gasteiger partial charge in [0.15, 0.2) is 5.82 Å². The fourth-order valence-electron chi connectivity index (χ4n) is 2.96. The molecule has 23 heavy (non-hydrogen) atoms. The summed E-state index contributed by atoms with van der Waals surface area (Å²) in [5.74, 6) is 2.75. The number of nitrogens with two attached hydrogens (primary N) is 1. The minimum Gasteiger partial charge on any atom is -0.497 e. The van der Waals surface area contributed by atoms with E-state index in [2.05, 4.69) is 33.2 Å². The Morgan fingerprint density at radius 1 is 1.35 bits per heavy atom. The lowest BCUT2D eigenvalue weighted by Crippen LogP contribution is -2.32. The highest BCUT2D eigenvalue weighted by Gasteiger charge is 2.22. The molecule has 0 aliphatic carbocycles. The van der Waals surface area contributed by atoms with E-state index < -0.39 is 0 Å². The van der Waals surface area contributed by atoms with Gasteiger partial charge >= 0.3 is 0 Å². The van der Waals surface area contributed by atoms with Gasteiger partial charge in [-0.1, -0.05) is 17.3 Å². The van der Waals surface area contributed by atoms with Crippen molar-refractivity contribution in [3.8, 4) is 5.75 Å². The van der Waals surface area contributed by atoms with Crippen LogP contribution in [-0.2, 0) is 13.1 Å². The standard InChI is InChI=1S/C16H22N4O2.ClH/c1-21-14-4-2-3-13(9-14)12-5-7-20(8-6-12)11-15-18-16(10-17)22-19-15;/h2-4,9,12H,5-8,10-11,17H2,1H3;1H. The van der Waals surface area contributed by atoms with E-state index in [0.29, 0.717) is 18.4 Å². The topological polar surface area (TPSA) is 77.4 Å². The fraction of sp³-hybridized carbons (Fsp3) is 0.500. The molecule has 2 heterocycles. The highest BCUT2D eigenvalue weighted by molar-refractivity contribution is 5.85. The second kappa shape index (κ2) is 8.29. The molecule has 1 aliphatic heterocycles. The first kappa shape index (κ1) is 17.7. The molecule has 1 aromatic heterocycles. The van der Waals surface area contributed by atoms with Crippen LogP contribution in [0, 0.1) is 0 Å². The molecule has 0 spiro atoms.